The van der Waals surface area contributed by atoms with E-state index in [1.807, 2.05) is 6.20 Å². The SMILES string of the molecule is O=Cc1ccc(-n2cc(I)cn2)cc1Cl. The fourth-order valence-corrected chi connectivity index (χ4v) is 1.80. The van der Waals surface area contributed by atoms with Crippen LogP contribution >= 0.6 is 34.2 Å². The molecule has 15 heavy (non-hydrogen) atoms. The van der Waals surface area contributed by atoms with Crippen molar-refractivity contribution in [1.82, 2.24) is 9.78 Å². The number of rotatable bonds is 2. The second kappa shape index (κ2) is 4.32. The van der Waals surface area contributed by atoms with Crippen LogP contribution in [-0.2, 0) is 0 Å². The first-order valence-electron chi connectivity index (χ1n) is 4.16. The van der Waals surface area contributed by atoms with Crippen LogP contribution < -0.4 is 0 Å². The lowest BCUT2D eigenvalue weighted by Crippen LogP contribution is -1.95. The van der Waals surface area contributed by atoms with Crippen molar-refractivity contribution >= 4 is 40.5 Å². The summed E-state index contributed by atoms with van der Waals surface area (Å²) in [5, 5.41) is 4.58. The Balaban J connectivity index is 2.46. The number of carbonyl (C=O) groups is 1. The fourth-order valence-electron chi connectivity index (χ4n) is 1.20. The minimum atomic E-state index is 0.438. The molecule has 2 aromatic rings. The first-order valence-corrected chi connectivity index (χ1v) is 5.61. The summed E-state index contributed by atoms with van der Waals surface area (Å²) in [4.78, 5) is 10.6. The first kappa shape index (κ1) is 10.6. The van der Waals surface area contributed by atoms with E-state index in [4.69, 9.17) is 11.6 Å². The highest BCUT2D eigenvalue weighted by atomic mass is 127. The minimum absolute atomic E-state index is 0.438. The lowest BCUT2D eigenvalue weighted by Gasteiger charge is -2.02. The molecule has 76 valence electrons. The van der Waals surface area contributed by atoms with Gasteiger partial charge >= 0.3 is 0 Å². The molecule has 0 saturated carbocycles. The molecule has 1 aromatic carbocycles. The Bertz CT molecular complexity index is 510. The topological polar surface area (TPSA) is 34.9 Å². The quantitative estimate of drug-likeness (QED) is 0.626. The van der Waals surface area contributed by atoms with E-state index in [1.165, 1.54) is 0 Å². The summed E-state index contributed by atoms with van der Waals surface area (Å²) in [6.45, 7) is 0. The summed E-state index contributed by atoms with van der Waals surface area (Å²) in [6, 6.07) is 5.20. The van der Waals surface area contributed by atoms with Crippen LogP contribution in [0.4, 0.5) is 0 Å². The molecule has 0 radical (unpaired) electrons. The summed E-state index contributed by atoms with van der Waals surface area (Å²) in [5.74, 6) is 0. The van der Waals surface area contributed by atoms with Gasteiger partial charge in [-0.1, -0.05) is 11.6 Å². The van der Waals surface area contributed by atoms with Gasteiger partial charge in [0.05, 0.1) is 20.5 Å². The van der Waals surface area contributed by atoms with Crippen LogP contribution in [-0.4, -0.2) is 16.1 Å². The smallest absolute Gasteiger partial charge is 0.151 e. The van der Waals surface area contributed by atoms with Gasteiger partial charge in [0.1, 0.15) is 0 Å². The van der Waals surface area contributed by atoms with Crippen molar-refractivity contribution in [2.24, 2.45) is 0 Å². The number of hydrogen-bond donors (Lipinski definition) is 0. The van der Waals surface area contributed by atoms with E-state index in [0.717, 1.165) is 15.5 Å². The van der Waals surface area contributed by atoms with Crippen molar-refractivity contribution in [3.05, 3.63) is 44.7 Å². The number of aromatic nitrogens is 2. The number of hydrogen-bond acceptors (Lipinski definition) is 2. The second-order valence-corrected chi connectivity index (χ2v) is 4.58. The van der Waals surface area contributed by atoms with E-state index in [9.17, 15) is 4.79 Å². The van der Waals surface area contributed by atoms with Crippen molar-refractivity contribution in [3.8, 4) is 5.69 Å². The third-order valence-electron chi connectivity index (χ3n) is 1.93. The van der Waals surface area contributed by atoms with E-state index < -0.39 is 0 Å². The normalized spacial score (nSPS) is 10.3. The third kappa shape index (κ3) is 2.21. The van der Waals surface area contributed by atoms with Gasteiger partial charge in [-0.05, 0) is 40.8 Å². The maximum Gasteiger partial charge on any atom is 0.151 e. The number of nitrogens with zero attached hydrogens (tertiary/aromatic N) is 2. The summed E-state index contributed by atoms with van der Waals surface area (Å²) in [5.41, 5.74) is 1.33. The van der Waals surface area contributed by atoms with Gasteiger partial charge in [-0.25, -0.2) is 4.68 Å². The molecule has 0 N–H and O–H groups in total. The van der Waals surface area contributed by atoms with Crippen LogP contribution in [0.2, 0.25) is 5.02 Å². The Hall–Kier alpha value is -0.880. The van der Waals surface area contributed by atoms with Gasteiger partial charge in [-0.3, -0.25) is 4.79 Å². The van der Waals surface area contributed by atoms with Gasteiger partial charge in [0.2, 0.25) is 0 Å². The molecule has 0 bridgehead atoms. The van der Waals surface area contributed by atoms with E-state index in [1.54, 1.807) is 29.1 Å². The minimum Gasteiger partial charge on any atom is -0.298 e. The molecule has 0 fully saturated rings. The van der Waals surface area contributed by atoms with Gasteiger partial charge in [-0.15, -0.1) is 0 Å². The summed E-state index contributed by atoms with van der Waals surface area (Å²) < 4.78 is 2.76. The largest absolute Gasteiger partial charge is 0.298 e. The van der Waals surface area contributed by atoms with Crippen molar-refractivity contribution in [1.29, 1.82) is 0 Å². The van der Waals surface area contributed by atoms with E-state index in [2.05, 4.69) is 27.7 Å². The third-order valence-corrected chi connectivity index (χ3v) is 2.81. The second-order valence-electron chi connectivity index (χ2n) is 2.93. The number of benzene rings is 1. The monoisotopic (exact) mass is 332 g/mol. The molecule has 0 aliphatic rings. The lowest BCUT2D eigenvalue weighted by molar-refractivity contribution is 0.112. The maximum atomic E-state index is 10.6. The highest BCUT2D eigenvalue weighted by Gasteiger charge is 2.03. The molecule has 0 saturated heterocycles. The summed E-state index contributed by atoms with van der Waals surface area (Å²) in [6.07, 6.45) is 4.37. The van der Waals surface area contributed by atoms with Crippen molar-refractivity contribution < 1.29 is 4.79 Å². The molecular formula is C10H6ClIN2O. The average Bonchev–Trinajstić information content (AvgIpc) is 2.65. The van der Waals surface area contributed by atoms with Crippen LogP contribution in [0, 0.1) is 3.57 Å². The number of aldehydes is 1. The standard InChI is InChI=1S/C10H6ClIN2O/c11-10-3-9(2-1-7(10)6-15)14-5-8(12)4-13-14/h1-6H. The molecule has 0 spiro atoms. The molecule has 1 heterocycles. The molecule has 2 rings (SSSR count). The first-order chi connectivity index (χ1) is 7.20. The highest BCUT2D eigenvalue weighted by molar-refractivity contribution is 14.1. The lowest BCUT2D eigenvalue weighted by atomic mass is 10.2. The Morgan fingerprint density at radius 3 is 2.80 bits per heavy atom. The zero-order valence-electron chi connectivity index (χ0n) is 7.52. The molecule has 3 nitrogen and oxygen atoms in total. The van der Waals surface area contributed by atoms with E-state index >= 15 is 0 Å². The predicted molar refractivity (Wildman–Crippen MR) is 66.7 cm³/mol. The van der Waals surface area contributed by atoms with Gasteiger partial charge < -0.3 is 0 Å². The Morgan fingerprint density at radius 1 is 1.47 bits per heavy atom. The van der Waals surface area contributed by atoms with Crippen molar-refractivity contribution in [3.63, 3.8) is 0 Å². The molecular weight excluding hydrogens is 326 g/mol. The van der Waals surface area contributed by atoms with Crippen LogP contribution in [0.3, 0.4) is 0 Å². The molecule has 0 unspecified atom stereocenters. The molecule has 5 heteroatoms. The van der Waals surface area contributed by atoms with E-state index in [0.29, 0.717) is 10.6 Å². The van der Waals surface area contributed by atoms with E-state index in [-0.39, 0.29) is 0 Å². The summed E-state index contributed by atoms with van der Waals surface area (Å²) in [7, 11) is 0. The molecule has 0 aliphatic heterocycles. The van der Waals surface area contributed by atoms with Gasteiger partial charge in [0.25, 0.3) is 0 Å². The highest BCUT2D eigenvalue weighted by Crippen LogP contribution is 2.19. The Morgan fingerprint density at radius 2 is 2.27 bits per heavy atom. The van der Waals surface area contributed by atoms with Crippen LogP contribution in [0.1, 0.15) is 10.4 Å². The predicted octanol–water partition coefficient (Wildman–Crippen LogP) is 2.94. The maximum absolute atomic E-state index is 10.6. The number of halogens is 2. The Kier molecular flexibility index (Phi) is 3.06. The van der Waals surface area contributed by atoms with Gasteiger partial charge in [0.15, 0.2) is 6.29 Å². The van der Waals surface area contributed by atoms with Crippen molar-refractivity contribution in [2.45, 2.75) is 0 Å². The molecule has 0 atom stereocenters. The van der Waals surface area contributed by atoms with Gasteiger partial charge in [0, 0.05) is 11.8 Å². The molecule has 0 aliphatic carbocycles. The summed E-state index contributed by atoms with van der Waals surface area (Å²) >= 11 is 8.09. The zero-order valence-corrected chi connectivity index (χ0v) is 10.4. The molecule has 1 aromatic heterocycles. The van der Waals surface area contributed by atoms with Crippen LogP contribution in [0.15, 0.2) is 30.6 Å². The fraction of sp³-hybridized carbons (Fsp3) is 0. The average molecular weight is 333 g/mol. The van der Waals surface area contributed by atoms with Gasteiger partial charge in [-0.2, -0.15) is 5.10 Å². The molecule has 0 amide bonds. The number of carbonyl (C=O) groups excluding carboxylic acids is 1. The Labute approximate surface area is 105 Å². The van der Waals surface area contributed by atoms with Crippen LogP contribution in [0.5, 0.6) is 0 Å². The van der Waals surface area contributed by atoms with Crippen LogP contribution in [0.25, 0.3) is 5.69 Å². The zero-order chi connectivity index (χ0) is 10.8. The van der Waals surface area contributed by atoms with Crippen molar-refractivity contribution in [2.75, 3.05) is 0 Å².